The Balaban J connectivity index is 1.83. The van der Waals surface area contributed by atoms with Crippen molar-refractivity contribution < 1.29 is 0 Å². The van der Waals surface area contributed by atoms with Crippen LogP contribution in [0.15, 0.2) is 0 Å². The molecule has 2 rings (SSSR count). The minimum absolute atomic E-state index is 0.769. The predicted octanol–water partition coefficient (Wildman–Crippen LogP) is 2.74. The van der Waals surface area contributed by atoms with Gasteiger partial charge in [-0.15, -0.1) is 0 Å². The van der Waals surface area contributed by atoms with Crippen LogP contribution in [0.1, 0.15) is 46.0 Å². The van der Waals surface area contributed by atoms with Crippen LogP contribution in [0.4, 0.5) is 0 Å². The second-order valence-electron chi connectivity index (χ2n) is 6.56. The van der Waals surface area contributed by atoms with E-state index < -0.39 is 0 Å². The fourth-order valence-electron chi connectivity index (χ4n) is 3.66. The van der Waals surface area contributed by atoms with Gasteiger partial charge in [-0.05, 0) is 70.0 Å². The molecule has 1 saturated carbocycles. The SMILES string of the molecule is CNC1CCC(C)CC1CN1CCC(C)CC1. The van der Waals surface area contributed by atoms with E-state index in [1.165, 1.54) is 51.7 Å². The zero-order valence-electron chi connectivity index (χ0n) is 11.9. The maximum Gasteiger partial charge on any atom is 0.0105 e. The van der Waals surface area contributed by atoms with Crippen LogP contribution in [-0.4, -0.2) is 37.6 Å². The Morgan fingerprint density at radius 3 is 2.35 bits per heavy atom. The molecule has 0 bridgehead atoms. The van der Waals surface area contributed by atoms with E-state index in [4.69, 9.17) is 0 Å². The van der Waals surface area contributed by atoms with Gasteiger partial charge >= 0.3 is 0 Å². The van der Waals surface area contributed by atoms with Crippen LogP contribution in [0.25, 0.3) is 0 Å². The number of rotatable bonds is 3. The van der Waals surface area contributed by atoms with E-state index in [0.717, 1.165) is 23.8 Å². The van der Waals surface area contributed by atoms with Gasteiger partial charge in [0.25, 0.3) is 0 Å². The van der Waals surface area contributed by atoms with Gasteiger partial charge in [-0.25, -0.2) is 0 Å². The van der Waals surface area contributed by atoms with Crippen LogP contribution in [0.5, 0.6) is 0 Å². The number of hydrogen-bond acceptors (Lipinski definition) is 2. The Morgan fingerprint density at radius 1 is 1.00 bits per heavy atom. The molecule has 0 radical (unpaired) electrons. The molecule has 2 heteroatoms. The lowest BCUT2D eigenvalue weighted by molar-refractivity contribution is 0.120. The van der Waals surface area contributed by atoms with Crippen molar-refractivity contribution in [2.45, 2.75) is 52.0 Å². The summed E-state index contributed by atoms with van der Waals surface area (Å²) in [6.45, 7) is 8.83. The summed E-state index contributed by atoms with van der Waals surface area (Å²) in [5.74, 6) is 2.78. The molecule has 17 heavy (non-hydrogen) atoms. The largest absolute Gasteiger partial charge is 0.317 e. The average molecular weight is 238 g/mol. The average Bonchev–Trinajstić information content (AvgIpc) is 2.32. The molecule has 2 nitrogen and oxygen atoms in total. The van der Waals surface area contributed by atoms with Crippen LogP contribution in [-0.2, 0) is 0 Å². The number of nitrogens with one attached hydrogen (secondary N) is 1. The fraction of sp³-hybridized carbons (Fsp3) is 1.00. The Kier molecular flexibility index (Phi) is 4.87. The van der Waals surface area contributed by atoms with Gasteiger partial charge in [-0.3, -0.25) is 0 Å². The van der Waals surface area contributed by atoms with Crippen molar-refractivity contribution in [2.75, 3.05) is 26.7 Å². The number of piperidine rings is 1. The third kappa shape index (κ3) is 3.69. The molecule has 0 aromatic rings. The van der Waals surface area contributed by atoms with E-state index in [1.54, 1.807) is 0 Å². The number of nitrogens with zero attached hydrogens (tertiary/aromatic N) is 1. The van der Waals surface area contributed by atoms with Gasteiger partial charge in [0.2, 0.25) is 0 Å². The van der Waals surface area contributed by atoms with E-state index in [9.17, 15) is 0 Å². The fourth-order valence-corrected chi connectivity index (χ4v) is 3.66. The van der Waals surface area contributed by atoms with Crippen molar-refractivity contribution in [3.8, 4) is 0 Å². The minimum atomic E-state index is 0.769. The highest BCUT2D eigenvalue weighted by molar-refractivity contribution is 4.85. The lowest BCUT2D eigenvalue weighted by Crippen LogP contribution is -2.46. The van der Waals surface area contributed by atoms with Crippen molar-refractivity contribution in [3.05, 3.63) is 0 Å². The van der Waals surface area contributed by atoms with Crippen molar-refractivity contribution in [1.29, 1.82) is 0 Å². The first-order chi connectivity index (χ1) is 8.19. The summed E-state index contributed by atoms with van der Waals surface area (Å²) in [7, 11) is 2.14. The molecule has 2 fully saturated rings. The van der Waals surface area contributed by atoms with Crippen LogP contribution >= 0.6 is 0 Å². The van der Waals surface area contributed by atoms with E-state index in [0.29, 0.717) is 0 Å². The van der Waals surface area contributed by atoms with E-state index in [-0.39, 0.29) is 0 Å². The van der Waals surface area contributed by atoms with Crippen LogP contribution in [0.2, 0.25) is 0 Å². The molecule has 1 heterocycles. The Hall–Kier alpha value is -0.0800. The van der Waals surface area contributed by atoms with Gasteiger partial charge < -0.3 is 10.2 Å². The highest BCUT2D eigenvalue weighted by atomic mass is 15.1. The highest BCUT2D eigenvalue weighted by Gasteiger charge is 2.29. The van der Waals surface area contributed by atoms with E-state index in [1.807, 2.05) is 0 Å². The molecule has 1 aliphatic carbocycles. The first-order valence-corrected chi connectivity index (χ1v) is 7.58. The van der Waals surface area contributed by atoms with Gasteiger partial charge in [0, 0.05) is 12.6 Å². The molecule has 0 aromatic carbocycles. The second-order valence-corrected chi connectivity index (χ2v) is 6.56. The molecule has 0 spiro atoms. The molecule has 100 valence electrons. The monoisotopic (exact) mass is 238 g/mol. The van der Waals surface area contributed by atoms with E-state index in [2.05, 4.69) is 31.1 Å². The zero-order chi connectivity index (χ0) is 12.3. The van der Waals surface area contributed by atoms with Gasteiger partial charge in [0.15, 0.2) is 0 Å². The van der Waals surface area contributed by atoms with Crippen LogP contribution in [0, 0.1) is 17.8 Å². The third-order valence-corrected chi connectivity index (χ3v) is 4.98. The summed E-state index contributed by atoms with van der Waals surface area (Å²) in [5, 5.41) is 3.55. The van der Waals surface area contributed by atoms with Crippen molar-refractivity contribution >= 4 is 0 Å². The predicted molar refractivity (Wildman–Crippen MR) is 74.2 cm³/mol. The molecule has 1 saturated heterocycles. The van der Waals surface area contributed by atoms with Crippen molar-refractivity contribution in [3.63, 3.8) is 0 Å². The third-order valence-electron chi connectivity index (χ3n) is 4.98. The molecule has 2 aliphatic rings. The molecule has 0 amide bonds. The summed E-state index contributed by atoms with van der Waals surface area (Å²) in [6.07, 6.45) is 7.04. The number of likely N-dealkylation sites (tertiary alicyclic amines) is 1. The van der Waals surface area contributed by atoms with Gasteiger partial charge in [-0.2, -0.15) is 0 Å². The summed E-state index contributed by atoms with van der Waals surface area (Å²) in [5.41, 5.74) is 0. The Morgan fingerprint density at radius 2 is 1.71 bits per heavy atom. The molecule has 3 unspecified atom stereocenters. The second kappa shape index (κ2) is 6.19. The Labute approximate surface area is 107 Å². The van der Waals surface area contributed by atoms with Crippen LogP contribution < -0.4 is 5.32 Å². The molecule has 1 N–H and O–H groups in total. The molecular weight excluding hydrogens is 208 g/mol. The quantitative estimate of drug-likeness (QED) is 0.813. The minimum Gasteiger partial charge on any atom is -0.317 e. The van der Waals surface area contributed by atoms with Crippen molar-refractivity contribution in [2.24, 2.45) is 17.8 Å². The topological polar surface area (TPSA) is 15.3 Å². The summed E-state index contributed by atoms with van der Waals surface area (Å²) in [4.78, 5) is 2.72. The standard InChI is InChI=1S/C15H30N2/c1-12-6-8-17(9-7-12)11-14-10-13(2)4-5-15(14)16-3/h12-16H,4-11H2,1-3H3. The summed E-state index contributed by atoms with van der Waals surface area (Å²) in [6, 6.07) is 0.769. The lowest BCUT2D eigenvalue weighted by Gasteiger charge is -2.39. The van der Waals surface area contributed by atoms with Gasteiger partial charge in [0.1, 0.15) is 0 Å². The summed E-state index contributed by atoms with van der Waals surface area (Å²) < 4.78 is 0. The van der Waals surface area contributed by atoms with Crippen LogP contribution in [0.3, 0.4) is 0 Å². The maximum absolute atomic E-state index is 3.55. The molecule has 1 aliphatic heterocycles. The van der Waals surface area contributed by atoms with E-state index >= 15 is 0 Å². The summed E-state index contributed by atoms with van der Waals surface area (Å²) >= 11 is 0. The van der Waals surface area contributed by atoms with Gasteiger partial charge in [-0.1, -0.05) is 13.8 Å². The zero-order valence-corrected chi connectivity index (χ0v) is 11.9. The first-order valence-electron chi connectivity index (χ1n) is 7.58. The molecule has 0 aromatic heterocycles. The maximum atomic E-state index is 3.55. The van der Waals surface area contributed by atoms with Gasteiger partial charge in [0.05, 0.1) is 0 Å². The highest BCUT2D eigenvalue weighted by Crippen LogP contribution is 2.30. The number of hydrogen-bond donors (Lipinski definition) is 1. The lowest BCUT2D eigenvalue weighted by atomic mass is 9.78. The molecule has 3 atom stereocenters. The normalized spacial score (nSPS) is 37.2. The molecular formula is C15H30N2. The van der Waals surface area contributed by atoms with Crippen molar-refractivity contribution in [1.82, 2.24) is 10.2 Å². The first kappa shape index (κ1) is 13.4. The Bertz CT molecular complexity index is 221. The smallest absolute Gasteiger partial charge is 0.0105 e.